The molecule has 0 heterocycles. The van der Waals surface area contributed by atoms with Gasteiger partial charge in [0.05, 0.1) is 34.4 Å². The Hall–Kier alpha value is 0.151. The summed E-state index contributed by atoms with van der Waals surface area (Å²) < 4.78 is 0.435. The average molecular weight is 434 g/mol. The Bertz CT molecular complexity index is 606. The lowest BCUT2D eigenvalue weighted by Gasteiger charge is -2.50. The molecule has 0 fully saturated rings. The molecule has 1 rings (SSSR count). The van der Waals surface area contributed by atoms with Crippen LogP contribution in [-0.2, 0) is 0 Å². The number of aliphatic hydroxyl groups is 1. The van der Waals surface area contributed by atoms with Crippen LogP contribution in [0.1, 0.15) is 17.2 Å². The van der Waals surface area contributed by atoms with Crippen LogP contribution < -0.4 is 0 Å². The molecule has 0 spiro atoms. The fourth-order valence-electron chi connectivity index (χ4n) is 3.31. The summed E-state index contributed by atoms with van der Waals surface area (Å²) in [4.78, 5) is 0. The molecule has 0 aliphatic carbocycles. The van der Waals surface area contributed by atoms with Crippen molar-refractivity contribution in [3.8, 4) is 0 Å². The molecule has 1 unspecified atom stereocenters. The van der Waals surface area contributed by atoms with Gasteiger partial charge < -0.3 is 5.11 Å². The summed E-state index contributed by atoms with van der Waals surface area (Å²) in [7, 11) is -5.11. The number of rotatable bonds is 6. The van der Waals surface area contributed by atoms with Crippen molar-refractivity contribution in [3.05, 3.63) is 40.0 Å². The molecular weight excluding hydrogens is 399 g/mol. The number of aliphatic hydroxyl groups excluding tert-OH is 1. The lowest BCUT2D eigenvalue weighted by Crippen LogP contribution is -2.65. The normalized spacial score (nSPS) is 16.1. The second-order valence-corrected chi connectivity index (χ2v) is 28.1. The van der Waals surface area contributed by atoms with Gasteiger partial charge in [-0.1, -0.05) is 94.8 Å². The summed E-state index contributed by atoms with van der Waals surface area (Å²) in [6.07, 6.45) is 1.41. The summed E-state index contributed by atoms with van der Waals surface area (Å²) in [5.74, 6) is 0. The van der Waals surface area contributed by atoms with Gasteiger partial charge in [-0.3, -0.25) is 0 Å². The van der Waals surface area contributed by atoms with Gasteiger partial charge in [0.25, 0.3) is 0 Å². The fourth-order valence-corrected chi connectivity index (χ4v) is 15.1. The van der Waals surface area contributed by atoms with Crippen LogP contribution in [0.4, 0.5) is 0 Å². The van der Waals surface area contributed by atoms with Crippen LogP contribution in [0, 0.1) is 0 Å². The van der Waals surface area contributed by atoms with E-state index in [2.05, 4.69) is 65.0 Å². The molecule has 0 aliphatic heterocycles. The van der Waals surface area contributed by atoms with E-state index in [0.717, 1.165) is 15.8 Å². The summed E-state index contributed by atoms with van der Waals surface area (Å²) in [6, 6.07) is 8.07. The minimum absolute atomic E-state index is 0.521. The molecule has 0 radical (unpaired) electrons. The molecule has 0 bridgehead atoms. The van der Waals surface area contributed by atoms with Gasteiger partial charge in [0.1, 0.15) is 0 Å². The zero-order valence-electron chi connectivity index (χ0n) is 17.2. The van der Waals surface area contributed by atoms with Crippen molar-refractivity contribution >= 4 is 53.5 Å². The van der Waals surface area contributed by atoms with E-state index in [0.29, 0.717) is 0 Å². The highest BCUT2D eigenvalue weighted by Crippen LogP contribution is 2.46. The molecule has 25 heavy (non-hydrogen) atoms. The largest absolute Gasteiger partial charge is 0.387 e. The van der Waals surface area contributed by atoms with Crippen molar-refractivity contribution in [3.63, 3.8) is 0 Å². The van der Waals surface area contributed by atoms with E-state index < -0.39 is 34.4 Å². The molecule has 0 aliphatic rings. The Morgan fingerprint density at radius 1 is 0.920 bits per heavy atom. The second-order valence-electron chi connectivity index (χ2n) is 10.0. The van der Waals surface area contributed by atoms with E-state index in [1.165, 1.54) is 0 Å². The summed E-state index contributed by atoms with van der Waals surface area (Å²) >= 11 is 13.7. The molecule has 1 N–H and O–H groups in total. The van der Waals surface area contributed by atoms with E-state index in [4.69, 9.17) is 23.2 Å². The first-order valence-electron chi connectivity index (χ1n) is 8.86. The van der Waals surface area contributed by atoms with Crippen molar-refractivity contribution in [1.82, 2.24) is 0 Å². The Kier molecular flexibility index (Phi) is 7.09. The summed E-state index contributed by atoms with van der Waals surface area (Å²) in [5.41, 5.74) is 1.98. The number of benzene rings is 1. The van der Waals surface area contributed by atoms with Crippen molar-refractivity contribution < 1.29 is 5.11 Å². The van der Waals surface area contributed by atoms with Gasteiger partial charge in [-0.05, 0) is 17.2 Å². The molecule has 0 saturated heterocycles. The maximum absolute atomic E-state index is 11.2. The number of halogens is 2. The van der Waals surface area contributed by atoms with Crippen molar-refractivity contribution in [2.75, 3.05) is 0 Å². The van der Waals surface area contributed by atoms with Crippen LogP contribution in [0.15, 0.2) is 28.9 Å². The Morgan fingerprint density at radius 3 is 1.64 bits per heavy atom. The van der Waals surface area contributed by atoms with Gasteiger partial charge in [0, 0.05) is 4.66 Å². The highest BCUT2D eigenvalue weighted by Gasteiger charge is 2.56. The van der Waals surface area contributed by atoms with E-state index in [-0.39, 0.29) is 0 Å². The third-order valence-electron chi connectivity index (χ3n) is 4.82. The summed E-state index contributed by atoms with van der Waals surface area (Å²) in [6.45, 7) is 20.2. The van der Waals surface area contributed by atoms with Gasteiger partial charge in [-0.25, -0.2) is 0 Å². The molecule has 0 amide bonds. The highest BCUT2D eigenvalue weighted by atomic mass is 35.5. The summed E-state index contributed by atoms with van der Waals surface area (Å²) in [5, 5.41) is 11.2. The molecule has 142 valence electrons. The molecule has 1 aromatic carbocycles. The molecule has 0 aromatic heterocycles. The van der Waals surface area contributed by atoms with Crippen LogP contribution in [0.5, 0.6) is 0 Å². The SMILES string of the molecule is C[Si](C)(C)/C(Cl)=C/c1ccc(C(O)C(Cl)([Si](C)(C)C)[Si](C)(C)C)cc1. The molecule has 1 aromatic rings. The first-order chi connectivity index (χ1) is 11.0. The van der Waals surface area contributed by atoms with E-state index in [9.17, 15) is 5.11 Å². The monoisotopic (exact) mass is 432 g/mol. The van der Waals surface area contributed by atoms with Crippen LogP contribution in [-0.4, -0.2) is 33.4 Å². The smallest absolute Gasteiger partial charge is 0.0929 e. The van der Waals surface area contributed by atoms with Crippen LogP contribution in [0.25, 0.3) is 6.08 Å². The van der Waals surface area contributed by atoms with Crippen molar-refractivity contribution in [2.45, 2.75) is 69.1 Å². The Morgan fingerprint density at radius 2 is 1.32 bits per heavy atom. The number of alkyl halides is 1. The molecule has 6 heteroatoms. The van der Waals surface area contributed by atoms with Gasteiger partial charge in [-0.2, -0.15) is 0 Å². The van der Waals surface area contributed by atoms with E-state index >= 15 is 0 Å². The predicted octanol–water partition coefficient (Wildman–Crippen LogP) is 6.91. The quantitative estimate of drug-likeness (QED) is 0.382. The molecule has 0 saturated carbocycles. The first kappa shape index (κ1) is 23.2. The van der Waals surface area contributed by atoms with Gasteiger partial charge >= 0.3 is 0 Å². The Labute approximate surface area is 167 Å². The lowest BCUT2D eigenvalue weighted by molar-refractivity contribution is 0.175. The van der Waals surface area contributed by atoms with Gasteiger partial charge in [0.2, 0.25) is 0 Å². The molecule has 1 atom stereocenters. The van der Waals surface area contributed by atoms with Gasteiger partial charge in [-0.15, -0.1) is 11.6 Å². The van der Waals surface area contributed by atoms with Crippen LogP contribution in [0.3, 0.4) is 0 Å². The highest BCUT2D eigenvalue weighted by molar-refractivity contribution is 7.06. The Balaban J connectivity index is 3.25. The topological polar surface area (TPSA) is 20.2 Å². The molecule has 1 nitrogen and oxygen atoms in total. The van der Waals surface area contributed by atoms with Gasteiger partial charge in [0.15, 0.2) is 0 Å². The molecular formula is C19H34Cl2OSi3. The maximum atomic E-state index is 11.2. The second kappa shape index (κ2) is 7.64. The zero-order valence-corrected chi connectivity index (χ0v) is 21.7. The van der Waals surface area contributed by atoms with Crippen molar-refractivity contribution in [2.24, 2.45) is 0 Å². The number of hydrogen-bond donors (Lipinski definition) is 1. The maximum Gasteiger partial charge on any atom is 0.0929 e. The standard InChI is InChI=1S/C19H34Cl2OSi3/c1-23(2,3)17(20)14-15-10-12-16(13-11-15)18(22)19(21,24(4,5)6)25(7,8)9/h10-14,18,22H,1-9H3/b17-14+. The zero-order chi connectivity index (χ0) is 19.8. The minimum Gasteiger partial charge on any atom is -0.387 e. The first-order valence-corrected chi connectivity index (χ1v) is 20.1. The number of hydrogen-bond acceptors (Lipinski definition) is 1. The van der Waals surface area contributed by atoms with E-state index in [1.807, 2.05) is 24.3 Å². The third kappa shape index (κ3) is 5.11. The predicted molar refractivity (Wildman–Crippen MR) is 124 cm³/mol. The third-order valence-corrected chi connectivity index (χ3v) is 21.2. The van der Waals surface area contributed by atoms with Crippen LogP contribution in [0.2, 0.25) is 58.9 Å². The minimum atomic E-state index is -1.81. The lowest BCUT2D eigenvalue weighted by atomic mass is 10.1. The van der Waals surface area contributed by atoms with Crippen LogP contribution >= 0.6 is 23.2 Å². The van der Waals surface area contributed by atoms with E-state index in [1.54, 1.807) is 0 Å². The van der Waals surface area contributed by atoms with Crippen molar-refractivity contribution in [1.29, 1.82) is 0 Å². The average Bonchev–Trinajstić information content (AvgIpc) is 2.43. The fraction of sp³-hybridized carbons (Fsp3) is 0.579.